The number of nitrogens with zero attached hydrogens (tertiary/aromatic N) is 1. The number of nitrogens with one attached hydrogen (secondary N) is 1. The van der Waals surface area contributed by atoms with Crippen LogP contribution < -0.4 is 5.32 Å². The quantitative estimate of drug-likeness (QED) is 0.795. The zero-order valence-electron chi connectivity index (χ0n) is 12.4. The highest BCUT2D eigenvalue weighted by Crippen LogP contribution is 2.18. The zero-order chi connectivity index (χ0) is 15.1. The number of rotatable bonds is 7. The number of carbonyl (C=O) groups is 1. The summed E-state index contributed by atoms with van der Waals surface area (Å²) < 4.78 is 4.91. The van der Waals surface area contributed by atoms with Gasteiger partial charge in [0.1, 0.15) is 0 Å². The lowest BCUT2D eigenvalue weighted by molar-refractivity contribution is -0.143. The maximum absolute atomic E-state index is 11.3. The third kappa shape index (κ3) is 4.86. The third-order valence-corrected chi connectivity index (χ3v) is 3.98. The molecule has 5 heteroatoms. The Bertz CT molecular complexity index is 595. The number of aryl methyl sites for hydroxylation is 2. The van der Waals surface area contributed by atoms with Gasteiger partial charge in [-0.15, -0.1) is 11.3 Å². The number of anilines is 1. The Morgan fingerprint density at radius 2 is 2.19 bits per heavy atom. The summed E-state index contributed by atoms with van der Waals surface area (Å²) in [6.07, 6.45) is 1.01. The minimum absolute atomic E-state index is 0.167. The molecule has 0 saturated carbocycles. The molecular weight excluding hydrogens is 284 g/mol. The molecule has 2 rings (SSSR count). The molecule has 0 unspecified atom stereocenters. The van der Waals surface area contributed by atoms with E-state index in [-0.39, 0.29) is 5.97 Å². The van der Waals surface area contributed by atoms with Crippen LogP contribution in [0.25, 0.3) is 0 Å². The van der Waals surface area contributed by atoms with Crippen LogP contribution in [0.1, 0.15) is 30.2 Å². The van der Waals surface area contributed by atoms with E-state index in [0.717, 1.165) is 17.4 Å². The molecule has 112 valence electrons. The van der Waals surface area contributed by atoms with Crippen LogP contribution in [0, 0.1) is 6.92 Å². The molecule has 2 aromatic rings. The van der Waals surface area contributed by atoms with Gasteiger partial charge >= 0.3 is 5.97 Å². The van der Waals surface area contributed by atoms with Crippen molar-refractivity contribution < 1.29 is 9.53 Å². The lowest BCUT2D eigenvalue weighted by Gasteiger charge is -2.05. The first-order chi connectivity index (χ1) is 10.2. The van der Waals surface area contributed by atoms with Gasteiger partial charge in [-0.05, 0) is 25.0 Å². The van der Waals surface area contributed by atoms with Gasteiger partial charge < -0.3 is 10.1 Å². The first-order valence-electron chi connectivity index (χ1n) is 7.07. The molecule has 0 radical (unpaired) electrons. The number of benzene rings is 1. The molecule has 0 fully saturated rings. The highest BCUT2D eigenvalue weighted by Gasteiger charge is 2.06. The molecule has 0 aliphatic heterocycles. The van der Waals surface area contributed by atoms with Crippen LogP contribution in [-0.4, -0.2) is 17.6 Å². The third-order valence-electron chi connectivity index (χ3n) is 3.13. The number of ether oxygens (including phenoxy) is 1. The number of esters is 1. The summed E-state index contributed by atoms with van der Waals surface area (Å²) in [6, 6.07) is 8.29. The van der Waals surface area contributed by atoms with Crippen molar-refractivity contribution in [1.82, 2.24) is 4.98 Å². The van der Waals surface area contributed by atoms with Crippen molar-refractivity contribution in [1.29, 1.82) is 0 Å². The van der Waals surface area contributed by atoms with Crippen molar-refractivity contribution in [2.45, 2.75) is 33.2 Å². The fraction of sp³-hybridized carbons (Fsp3) is 0.375. The molecule has 0 amide bonds. The lowest BCUT2D eigenvalue weighted by atomic mass is 10.1. The number of hydrogen-bond donors (Lipinski definition) is 1. The van der Waals surface area contributed by atoms with Crippen LogP contribution in [0.4, 0.5) is 5.13 Å². The summed E-state index contributed by atoms with van der Waals surface area (Å²) in [4.78, 5) is 15.8. The van der Waals surface area contributed by atoms with Gasteiger partial charge in [-0.1, -0.05) is 24.3 Å². The molecule has 0 aliphatic rings. The fourth-order valence-corrected chi connectivity index (χ4v) is 2.69. The molecule has 4 nitrogen and oxygen atoms in total. The second-order valence-electron chi connectivity index (χ2n) is 4.73. The topological polar surface area (TPSA) is 51.2 Å². The van der Waals surface area contributed by atoms with Gasteiger partial charge in [0.15, 0.2) is 5.13 Å². The van der Waals surface area contributed by atoms with Gasteiger partial charge in [-0.25, -0.2) is 4.98 Å². The van der Waals surface area contributed by atoms with E-state index in [1.165, 1.54) is 11.1 Å². The molecule has 1 N–H and O–H groups in total. The van der Waals surface area contributed by atoms with Crippen molar-refractivity contribution in [2.75, 3.05) is 11.9 Å². The lowest BCUT2D eigenvalue weighted by Crippen LogP contribution is -2.05. The Balaban J connectivity index is 1.83. The van der Waals surface area contributed by atoms with Gasteiger partial charge in [0.25, 0.3) is 0 Å². The van der Waals surface area contributed by atoms with E-state index < -0.39 is 0 Å². The van der Waals surface area contributed by atoms with Crippen LogP contribution >= 0.6 is 11.3 Å². The number of carbonyl (C=O) groups excluding carboxylic acids is 1. The Morgan fingerprint density at radius 1 is 1.38 bits per heavy atom. The van der Waals surface area contributed by atoms with Crippen LogP contribution in [0.2, 0.25) is 0 Å². The number of hydrogen-bond acceptors (Lipinski definition) is 5. The van der Waals surface area contributed by atoms with E-state index in [1.807, 2.05) is 24.4 Å². The SMILES string of the molecule is CCOC(=O)CCc1csc(NCc2ccccc2C)n1. The van der Waals surface area contributed by atoms with Crippen LogP contribution in [0.3, 0.4) is 0 Å². The average molecular weight is 304 g/mol. The van der Waals surface area contributed by atoms with Crippen molar-refractivity contribution in [3.8, 4) is 0 Å². The standard InChI is InChI=1S/C16H20N2O2S/c1-3-20-15(19)9-8-14-11-21-16(18-14)17-10-13-7-5-4-6-12(13)2/h4-7,11H,3,8-10H2,1-2H3,(H,17,18). The normalized spacial score (nSPS) is 10.4. The van der Waals surface area contributed by atoms with Crippen molar-refractivity contribution >= 4 is 22.4 Å². The summed E-state index contributed by atoms with van der Waals surface area (Å²) >= 11 is 1.57. The van der Waals surface area contributed by atoms with Gasteiger partial charge in [-0.3, -0.25) is 4.79 Å². The molecule has 1 aromatic carbocycles. The summed E-state index contributed by atoms with van der Waals surface area (Å²) in [6.45, 7) is 5.11. The van der Waals surface area contributed by atoms with Crippen LogP contribution in [0.15, 0.2) is 29.6 Å². The summed E-state index contributed by atoms with van der Waals surface area (Å²) in [5.41, 5.74) is 3.46. The van der Waals surface area contributed by atoms with Crippen molar-refractivity contribution in [3.63, 3.8) is 0 Å². The Morgan fingerprint density at radius 3 is 2.95 bits per heavy atom. The van der Waals surface area contributed by atoms with Crippen LogP contribution in [0.5, 0.6) is 0 Å². The van der Waals surface area contributed by atoms with E-state index in [1.54, 1.807) is 11.3 Å². The number of thiazole rings is 1. The van der Waals surface area contributed by atoms with Gasteiger partial charge in [0, 0.05) is 18.3 Å². The highest BCUT2D eigenvalue weighted by molar-refractivity contribution is 7.13. The monoisotopic (exact) mass is 304 g/mol. The van der Waals surface area contributed by atoms with Crippen molar-refractivity contribution in [3.05, 3.63) is 46.5 Å². The summed E-state index contributed by atoms with van der Waals surface area (Å²) in [7, 11) is 0. The highest BCUT2D eigenvalue weighted by atomic mass is 32.1. The second kappa shape index (κ2) is 7.78. The maximum Gasteiger partial charge on any atom is 0.306 e. The maximum atomic E-state index is 11.3. The van der Waals surface area contributed by atoms with E-state index in [0.29, 0.717) is 19.4 Å². The Hall–Kier alpha value is -1.88. The largest absolute Gasteiger partial charge is 0.466 e. The smallest absolute Gasteiger partial charge is 0.306 e. The first kappa shape index (κ1) is 15.5. The minimum Gasteiger partial charge on any atom is -0.466 e. The fourth-order valence-electron chi connectivity index (χ4n) is 1.95. The molecule has 0 saturated heterocycles. The summed E-state index contributed by atoms with van der Waals surface area (Å²) in [5, 5.41) is 6.20. The minimum atomic E-state index is -0.167. The zero-order valence-corrected chi connectivity index (χ0v) is 13.2. The predicted octanol–water partition coefficient (Wildman–Crippen LogP) is 3.56. The Kier molecular flexibility index (Phi) is 5.75. The van der Waals surface area contributed by atoms with Gasteiger partial charge in [-0.2, -0.15) is 0 Å². The van der Waals surface area contributed by atoms with Crippen LogP contribution in [-0.2, 0) is 22.5 Å². The first-order valence-corrected chi connectivity index (χ1v) is 7.95. The van der Waals surface area contributed by atoms with Crippen molar-refractivity contribution in [2.24, 2.45) is 0 Å². The molecule has 0 spiro atoms. The predicted molar refractivity (Wildman–Crippen MR) is 85.6 cm³/mol. The van der Waals surface area contributed by atoms with E-state index in [2.05, 4.69) is 29.4 Å². The molecular formula is C16H20N2O2S. The van der Waals surface area contributed by atoms with E-state index >= 15 is 0 Å². The molecule has 21 heavy (non-hydrogen) atoms. The molecule has 1 aromatic heterocycles. The average Bonchev–Trinajstić information content (AvgIpc) is 2.93. The van der Waals surface area contributed by atoms with Gasteiger partial charge in [0.2, 0.25) is 0 Å². The van der Waals surface area contributed by atoms with Gasteiger partial charge in [0.05, 0.1) is 18.7 Å². The second-order valence-corrected chi connectivity index (χ2v) is 5.59. The molecule has 1 heterocycles. The van der Waals surface area contributed by atoms with E-state index in [4.69, 9.17) is 4.74 Å². The Labute approximate surface area is 129 Å². The molecule has 0 atom stereocenters. The molecule has 0 aliphatic carbocycles. The number of aromatic nitrogens is 1. The van der Waals surface area contributed by atoms with E-state index in [9.17, 15) is 4.79 Å². The molecule has 0 bridgehead atoms. The summed E-state index contributed by atoms with van der Waals surface area (Å²) in [5.74, 6) is -0.167.